The molecule has 0 bridgehead atoms. The molecule has 3 rings (SSSR count). The summed E-state index contributed by atoms with van der Waals surface area (Å²) in [5.74, 6) is 1.80. The van der Waals surface area contributed by atoms with E-state index in [1.54, 1.807) is 12.1 Å². The van der Waals surface area contributed by atoms with Crippen LogP contribution in [0, 0.1) is 10.1 Å². The van der Waals surface area contributed by atoms with Gasteiger partial charge in [-0.05, 0) is 24.5 Å². The number of nitrogens with zero attached hydrogens (tertiary/aromatic N) is 1. The van der Waals surface area contributed by atoms with Crippen molar-refractivity contribution >= 4 is 23.4 Å². The Labute approximate surface area is 175 Å². The standard InChI is InChI=1S/C22H26N2O4S/c1-3-22(4-2)13-19(18-7-5-6-8-20(18)28-22)23-21(25)15-29-14-16-9-11-17(12-10-16)24(26)27/h5-12,19H,3-4,13-15H2,1-2H3,(H,23,25)/t19-/m0/s1. The van der Waals surface area contributed by atoms with Crippen LogP contribution in [0.15, 0.2) is 48.5 Å². The minimum absolute atomic E-state index is 0.0141. The number of hydrogen-bond acceptors (Lipinski definition) is 5. The van der Waals surface area contributed by atoms with Crippen LogP contribution in [0.5, 0.6) is 5.75 Å². The number of benzene rings is 2. The van der Waals surface area contributed by atoms with E-state index in [4.69, 9.17) is 4.74 Å². The molecule has 1 atom stereocenters. The number of carbonyl (C=O) groups excluding carboxylic acids is 1. The predicted molar refractivity (Wildman–Crippen MR) is 115 cm³/mol. The number of thioether (sulfide) groups is 1. The van der Waals surface area contributed by atoms with Crippen LogP contribution in [0.4, 0.5) is 5.69 Å². The maximum absolute atomic E-state index is 12.6. The van der Waals surface area contributed by atoms with E-state index in [2.05, 4.69) is 19.2 Å². The Balaban J connectivity index is 1.58. The average molecular weight is 415 g/mol. The van der Waals surface area contributed by atoms with Crippen LogP contribution in [0.25, 0.3) is 0 Å². The molecule has 0 aromatic heterocycles. The first-order valence-corrected chi connectivity index (χ1v) is 11.0. The molecule has 0 radical (unpaired) electrons. The summed E-state index contributed by atoms with van der Waals surface area (Å²) in [7, 11) is 0. The van der Waals surface area contributed by atoms with Gasteiger partial charge in [-0.1, -0.05) is 44.2 Å². The van der Waals surface area contributed by atoms with E-state index in [1.807, 2.05) is 24.3 Å². The van der Waals surface area contributed by atoms with Crippen LogP contribution < -0.4 is 10.1 Å². The minimum atomic E-state index is -0.414. The Hall–Kier alpha value is -2.54. The molecule has 0 saturated carbocycles. The normalized spacial score (nSPS) is 17.1. The van der Waals surface area contributed by atoms with Crippen LogP contribution in [0.2, 0.25) is 0 Å². The van der Waals surface area contributed by atoms with Crippen molar-refractivity contribution in [2.24, 2.45) is 0 Å². The van der Waals surface area contributed by atoms with Crippen LogP contribution in [-0.2, 0) is 10.5 Å². The average Bonchev–Trinajstić information content (AvgIpc) is 2.74. The number of nitrogens with one attached hydrogen (secondary N) is 1. The van der Waals surface area contributed by atoms with Crippen molar-refractivity contribution in [3.63, 3.8) is 0 Å². The number of nitro benzene ring substituents is 1. The summed E-state index contributed by atoms with van der Waals surface area (Å²) in [6, 6.07) is 14.3. The third-order valence-electron chi connectivity index (χ3n) is 5.47. The molecule has 2 aromatic rings. The van der Waals surface area contributed by atoms with Crippen molar-refractivity contribution in [1.29, 1.82) is 0 Å². The second-order valence-electron chi connectivity index (χ2n) is 7.27. The lowest BCUT2D eigenvalue weighted by molar-refractivity contribution is -0.384. The molecule has 1 aliphatic rings. The van der Waals surface area contributed by atoms with Crippen LogP contribution in [-0.4, -0.2) is 22.2 Å². The maximum atomic E-state index is 12.6. The number of fused-ring (bicyclic) bond motifs is 1. The molecular weight excluding hydrogens is 388 g/mol. The van der Waals surface area contributed by atoms with Crippen molar-refractivity contribution < 1.29 is 14.5 Å². The van der Waals surface area contributed by atoms with Gasteiger partial charge in [-0.15, -0.1) is 11.8 Å². The maximum Gasteiger partial charge on any atom is 0.269 e. The smallest absolute Gasteiger partial charge is 0.269 e. The number of amides is 1. The van der Waals surface area contributed by atoms with E-state index >= 15 is 0 Å². The largest absolute Gasteiger partial charge is 0.487 e. The number of nitro groups is 1. The molecule has 0 spiro atoms. The van der Waals surface area contributed by atoms with Crippen molar-refractivity contribution in [3.8, 4) is 5.75 Å². The fraction of sp³-hybridized carbons (Fsp3) is 0.409. The summed E-state index contributed by atoms with van der Waals surface area (Å²) >= 11 is 1.50. The van der Waals surface area contributed by atoms with E-state index in [0.717, 1.165) is 36.1 Å². The van der Waals surface area contributed by atoms with Gasteiger partial charge in [0.05, 0.1) is 16.7 Å². The lowest BCUT2D eigenvalue weighted by Crippen LogP contribution is -2.44. The summed E-state index contributed by atoms with van der Waals surface area (Å²) in [6.07, 6.45) is 2.54. The van der Waals surface area contributed by atoms with Gasteiger partial charge in [0, 0.05) is 29.9 Å². The molecule has 1 amide bonds. The van der Waals surface area contributed by atoms with Gasteiger partial charge in [-0.2, -0.15) is 0 Å². The molecule has 1 heterocycles. The Kier molecular flexibility index (Phi) is 6.79. The van der Waals surface area contributed by atoms with E-state index in [1.165, 1.54) is 23.9 Å². The number of non-ortho nitro benzene ring substituents is 1. The van der Waals surface area contributed by atoms with Crippen molar-refractivity contribution in [3.05, 3.63) is 69.8 Å². The number of hydrogen-bond donors (Lipinski definition) is 1. The molecule has 154 valence electrons. The SMILES string of the molecule is CCC1(CC)C[C@H](NC(=O)CSCc2ccc([N+](=O)[O-])cc2)c2ccccc2O1. The molecule has 0 fully saturated rings. The second kappa shape index (κ2) is 9.31. The van der Waals surface area contributed by atoms with E-state index in [0.29, 0.717) is 11.5 Å². The zero-order valence-corrected chi connectivity index (χ0v) is 17.5. The van der Waals surface area contributed by atoms with E-state index in [-0.39, 0.29) is 23.2 Å². The highest BCUT2D eigenvalue weighted by Crippen LogP contribution is 2.42. The summed E-state index contributed by atoms with van der Waals surface area (Å²) in [4.78, 5) is 22.9. The zero-order valence-electron chi connectivity index (χ0n) is 16.7. The fourth-order valence-corrected chi connectivity index (χ4v) is 4.44. The highest BCUT2D eigenvalue weighted by molar-refractivity contribution is 7.99. The first-order chi connectivity index (χ1) is 14.0. The van der Waals surface area contributed by atoms with E-state index < -0.39 is 4.92 Å². The van der Waals surface area contributed by atoms with Crippen LogP contribution in [0.1, 0.15) is 50.3 Å². The van der Waals surface area contributed by atoms with Crippen LogP contribution in [0.3, 0.4) is 0 Å². The van der Waals surface area contributed by atoms with Gasteiger partial charge in [0.15, 0.2) is 0 Å². The summed E-state index contributed by atoms with van der Waals surface area (Å²) in [5, 5.41) is 13.9. The quantitative estimate of drug-likeness (QED) is 0.484. The Morgan fingerprint density at radius 2 is 1.90 bits per heavy atom. The molecule has 2 aromatic carbocycles. The third kappa shape index (κ3) is 5.09. The zero-order chi connectivity index (χ0) is 20.9. The summed E-state index contributed by atoms with van der Waals surface area (Å²) in [6.45, 7) is 4.24. The molecule has 0 unspecified atom stereocenters. The molecule has 0 saturated heterocycles. The monoisotopic (exact) mass is 414 g/mol. The van der Waals surface area contributed by atoms with Gasteiger partial charge in [0.25, 0.3) is 5.69 Å². The molecule has 6 nitrogen and oxygen atoms in total. The van der Waals surface area contributed by atoms with Crippen molar-refractivity contribution in [1.82, 2.24) is 5.32 Å². The van der Waals surface area contributed by atoms with Gasteiger partial charge in [-0.25, -0.2) is 0 Å². The number of rotatable bonds is 8. The Bertz CT molecular complexity index is 865. The van der Waals surface area contributed by atoms with Crippen LogP contribution >= 0.6 is 11.8 Å². The molecular formula is C22H26N2O4S. The van der Waals surface area contributed by atoms with Gasteiger partial charge in [0.1, 0.15) is 11.4 Å². The van der Waals surface area contributed by atoms with Gasteiger partial charge in [-0.3, -0.25) is 14.9 Å². The lowest BCUT2D eigenvalue weighted by atomic mass is 9.83. The number of ether oxygens (including phenoxy) is 1. The second-order valence-corrected chi connectivity index (χ2v) is 8.26. The highest BCUT2D eigenvalue weighted by atomic mass is 32.2. The summed E-state index contributed by atoms with van der Waals surface area (Å²) < 4.78 is 6.29. The summed E-state index contributed by atoms with van der Waals surface area (Å²) in [5.41, 5.74) is 1.81. The van der Waals surface area contributed by atoms with Crippen molar-refractivity contribution in [2.45, 2.75) is 50.5 Å². The van der Waals surface area contributed by atoms with Crippen molar-refractivity contribution in [2.75, 3.05) is 5.75 Å². The lowest BCUT2D eigenvalue weighted by Gasteiger charge is -2.41. The minimum Gasteiger partial charge on any atom is -0.487 e. The fourth-order valence-electron chi connectivity index (χ4n) is 3.64. The first kappa shape index (κ1) is 21.2. The molecule has 1 N–H and O–H groups in total. The highest BCUT2D eigenvalue weighted by Gasteiger charge is 2.38. The van der Waals surface area contributed by atoms with Gasteiger partial charge >= 0.3 is 0 Å². The van der Waals surface area contributed by atoms with Gasteiger partial charge in [0.2, 0.25) is 5.91 Å². The van der Waals surface area contributed by atoms with E-state index in [9.17, 15) is 14.9 Å². The number of para-hydroxylation sites is 1. The molecule has 0 aliphatic carbocycles. The Morgan fingerprint density at radius 3 is 2.55 bits per heavy atom. The topological polar surface area (TPSA) is 81.5 Å². The van der Waals surface area contributed by atoms with Gasteiger partial charge < -0.3 is 10.1 Å². The number of carbonyl (C=O) groups is 1. The molecule has 1 aliphatic heterocycles. The molecule has 29 heavy (non-hydrogen) atoms. The molecule has 7 heteroatoms. The Morgan fingerprint density at radius 1 is 1.21 bits per heavy atom. The first-order valence-electron chi connectivity index (χ1n) is 9.84. The third-order valence-corrected chi connectivity index (χ3v) is 6.47. The predicted octanol–water partition coefficient (Wildman–Crippen LogP) is 5.03.